The first kappa shape index (κ1) is 14.8. The fourth-order valence-corrected chi connectivity index (χ4v) is 2.92. The highest BCUT2D eigenvalue weighted by Gasteiger charge is 2.12. The molecule has 1 aliphatic rings. The number of hydrogen-bond acceptors (Lipinski definition) is 2. The van der Waals surface area contributed by atoms with Gasteiger partial charge >= 0.3 is 0 Å². The van der Waals surface area contributed by atoms with Gasteiger partial charge in [0.1, 0.15) is 0 Å². The summed E-state index contributed by atoms with van der Waals surface area (Å²) >= 11 is 5.96. The van der Waals surface area contributed by atoms with E-state index in [9.17, 15) is 5.11 Å². The lowest BCUT2D eigenvalue weighted by atomic mass is 10.1. The van der Waals surface area contributed by atoms with Gasteiger partial charge in [0, 0.05) is 11.6 Å². The number of aliphatic hydroxyl groups is 1. The first-order valence-corrected chi connectivity index (χ1v) is 7.79. The smallest absolute Gasteiger partial charge is 0.0802 e. The molecule has 1 fully saturated rings. The summed E-state index contributed by atoms with van der Waals surface area (Å²) in [5, 5.41) is 10.9. The third-order valence-electron chi connectivity index (χ3n) is 3.90. The summed E-state index contributed by atoms with van der Waals surface area (Å²) in [5.41, 5.74) is 0.930. The van der Waals surface area contributed by atoms with Gasteiger partial charge in [0.25, 0.3) is 0 Å². The SMILES string of the molecule is OC(CCN1CCCCCCC1)c1cccc(Cl)c1. The van der Waals surface area contributed by atoms with Gasteiger partial charge in [-0.15, -0.1) is 0 Å². The van der Waals surface area contributed by atoms with Crippen molar-refractivity contribution in [3.8, 4) is 0 Å². The quantitative estimate of drug-likeness (QED) is 0.901. The summed E-state index contributed by atoms with van der Waals surface area (Å²) in [6, 6.07) is 7.55. The molecule has 1 aliphatic heterocycles. The number of hydrogen-bond donors (Lipinski definition) is 1. The molecule has 1 saturated heterocycles. The van der Waals surface area contributed by atoms with Crippen LogP contribution in [-0.2, 0) is 0 Å². The summed E-state index contributed by atoms with van der Waals surface area (Å²) < 4.78 is 0. The van der Waals surface area contributed by atoms with Gasteiger partial charge in [-0.25, -0.2) is 0 Å². The van der Waals surface area contributed by atoms with Gasteiger partial charge in [0.05, 0.1) is 6.10 Å². The molecule has 1 aromatic rings. The average molecular weight is 282 g/mol. The Bertz CT molecular complexity index is 375. The lowest BCUT2D eigenvalue weighted by Gasteiger charge is -2.25. The molecule has 0 amide bonds. The second-order valence-electron chi connectivity index (χ2n) is 5.47. The van der Waals surface area contributed by atoms with Crippen LogP contribution >= 0.6 is 11.6 Å². The third-order valence-corrected chi connectivity index (χ3v) is 4.14. The van der Waals surface area contributed by atoms with Crippen LogP contribution in [0, 0.1) is 0 Å². The zero-order chi connectivity index (χ0) is 13.5. The molecule has 0 bridgehead atoms. The normalized spacial score (nSPS) is 19.7. The van der Waals surface area contributed by atoms with Gasteiger partial charge < -0.3 is 10.0 Å². The molecule has 0 aromatic heterocycles. The molecule has 0 saturated carbocycles. The molecule has 0 aliphatic carbocycles. The summed E-state index contributed by atoms with van der Waals surface area (Å²) in [4.78, 5) is 2.49. The Balaban J connectivity index is 1.80. The lowest BCUT2D eigenvalue weighted by Crippen LogP contribution is -2.29. The molecule has 19 heavy (non-hydrogen) atoms. The summed E-state index contributed by atoms with van der Waals surface area (Å²) in [5.74, 6) is 0. The Kier molecular flexibility index (Phi) is 6.15. The lowest BCUT2D eigenvalue weighted by molar-refractivity contribution is 0.138. The highest BCUT2D eigenvalue weighted by Crippen LogP contribution is 2.21. The van der Waals surface area contributed by atoms with Crippen molar-refractivity contribution in [2.24, 2.45) is 0 Å². The van der Waals surface area contributed by atoms with Gasteiger partial charge in [-0.05, 0) is 50.0 Å². The molecule has 0 radical (unpaired) electrons. The standard InChI is InChI=1S/C16H24ClNO/c17-15-8-6-7-14(13-15)16(19)9-12-18-10-4-2-1-3-5-11-18/h6-8,13,16,19H,1-5,9-12H2. The maximum Gasteiger partial charge on any atom is 0.0802 e. The van der Waals surface area contributed by atoms with Crippen molar-refractivity contribution in [2.45, 2.75) is 44.6 Å². The first-order valence-electron chi connectivity index (χ1n) is 7.41. The van der Waals surface area contributed by atoms with E-state index in [2.05, 4.69) is 4.90 Å². The van der Waals surface area contributed by atoms with E-state index >= 15 is 0 Å². The monoisotopic (exact) mass is 281 g/mol. The van der Waals surface area contributed by atoms with Crippen LogP contribution in [0.25, 0.3) is 0 Å². The van der Waals surface area contributed by atoms with Crippen molar-refractivity contribution in [2.75, 3.05) is 19.6 Å². The molecule has 1 heterocycles. The van der Waals surface area contributed by atoms with Gasteiger partial charge in [-0.1, -0.05) is 43.0 Å². The van der Waals surface area contributed by atoms with E-state index in [4.69, 9.17) is 11.6 Å². The Morgan fingerprint density at radius 1 is 1.11 bits per heavy atom. The summed E-state index contributed by atoms with van der Waals surface area (Å²) in [6.07, 6.45) is 7.09. The molecule has 2 nitrogen and oxygen atoms in total. The predicted molar refractivity (Wildman–Crippen MR) is 80.6 cm³/mol. The zero-order valence-corrected chi connectivity index (χ0v) is 12.3. The molecule has 1 atom stereocenters. The van der Waals surface area contributed by atoms with Gasteiger partial charge in [0.15, 0.2) is 0 Å². The van der Waals surface area contributed by atoms with E-state index in [1.165, 1.54) is 45.2 Å². The second kappa shape index (κ2) is 7.88. The van der Waals surface area contributed by atoms with E-state index in [0.29, 0.717) is 5.02 Å². The number of rotatable bonds is 4. The fourth-order valence-electron chi connectivity index (χ4n) is 2.72. The minimum Gasteiger partial charge on any atom is -0.388 e. The van der Waals surface area contributed by atoms with E-state index in [-0.39, 0.29) is 0 Å². The van der Waals surface area contributed by atoms with Crippen LogP contribution in [0.1, 0.15) is 50.2 Å². The highest BCUT2D eigenvalue weighted by atomic mass is 35.5. The van der Waals surface area contributed by atoms with Crippen molar-refractivity contribution in [3.63, 3.8) is 0 Å². The van der Waals surface area contributed by atoms with Crippen molar-refractivity contribution in [1.82, 2.24) is 4.90 Å². The minimum atomic E-state index is -0.399. The maximum atomic E-state index is 10.2. The molecule has 3 heteroatoms. The number of aliphatic hydroxyl groups excluding tert-OH is 1. The van der Waals surface area contributed by atoms with Crippen LogP contribution in [0.3, 0.4) is 0 Å². The van der Waals surface area contributed by atoms with Crippen LogP contribution in [-0.4, -0.2) is 29.6 Å². The molecule has 1 unspecified atom stereocenters. The topological polar surface area (TPSA) is 23.5 Å². The van der Waals surface area contributed by atoms with Gasteiger partial charge in [-0.2, -0.15) is 0 Å². The highest BCUT2D eigenvalue weighted by molar-refractivity contribution is 6.30. The molecule has 1 aromatic carbocycles. The Labute approximate surface area is 121 Å². The maximum absolute atomic E-state index is 10.2. The number of benzene rings is 1. The largest absolute Gasteiger partial charge is 0.388 e. The van der Waals surface area contributed by atoms with Crippen LogP contribution in [0.2, 0.25) is 5.02 Å². The van der Waals surface area contributed by atoms with Crippen LogP contribution in [0.5, 0.6) is 0 Å². The number of halogens is 1. The Hall–Kier alpha value is -0.570. The molecule has 0 spiro atoms. The van der Waals surface area contributed by atoms with Crippen LogP contribution in [0.15, 0.2) is 24.3 Å². The second-order valence-corrected chi connectivity index (χ2v) is 5.91. The molecule has 106 valence electrons. The van der Waals surface area contributed by atoms with E-state index in [0.717, 1.165) is 18.5 Å². The zero-order valence-electron chi connectivity index (χ0n) is 11.5. The van der Waals surface area contributed by atoms with Gasteiger partial charge in [-0.3, -0.25) is 0 Å². The van der Waals surface area contributed by atoms with E-state index < -0.39 is 6.10 Å². The number of nitrogens with zero attached hydrogens (tertiary/aromatic N) is 1. The van der Waals surface area contributed by atoms with Crippen molar-refractivity contribution in [3.05, 3.63) is 34.9 Å². The molecule has 1 N–H and O–H groups in total. The Morgan fingerprint density at radius 2 is 1.79 bits per heavy atom. The van der Waals surface area contributed by atoms with Crippen LogP contribution in [0.4, 0.5) is 0 Å². The molecule has 2 rings (SSSR count). The summed E-state index contributed by atoms with van der Waals surface area (Å²) in [7, 11) is 0. The molecular formula is C16H24ClNO. The fraction of sp³-hybridized carbons (Fsp3) is 0.625. The Morgan fingerprint density at radius 3 is 2.47 bits per heavy atom. The van der Waals surface area contributed by atoms with Gasteiger partial charge in [0.2, 0.25) is 0 Å². The van der Waals surface area contributed by atoms with E-state index in [1.807, 2.05) is 24.3 Å². The first-order chi connectivity index (χ1) is 9.25. The third kappa shape index (κ3) is 5.13. The van der Waals surface area contributed by atoms with Crippen molar-refractivity contribution < 1.29 is 5.11 Å². The summed E-state index contributed by atoms with van der Waals surface area (Å²) in [6.45, 7) is 3.35. The van der Waals surface area contributed by atoms with Crippen LogP contribution < -0.4 is 0 Å². The van der Waals surface area contributed by atoms with Crippen molar-refractivity contribution >= 4 is 11.6 Å². The average Bonchev–Trinajstić information content (AvgIpc) is 2.37. The minimum absolute atomic E-state index is 0.399. The van der Waals surface area contributed by atoms with Crippen molar-refractivity contribution in [1.29, 1.82) is 0 Å². The molecular weight excluding hydrogens is 258 g/mol. The number of likely N-dealkylation sites (tertiary alicyclic amines) is 1. The predicted octanol–water partition coefficient (Wildman–Crippen LogP) is 4.03. The van der Waals surface area contributed by atoms with E-state index in [1.54, 1.807) is 0 Å².